The van der Waals surface area contributed by atoms with Crippen molar-refractivity contribution in [2.24, 2.45) is 0 Å². The van der Waals surface area contributed by atoms with Gasteiger partial charge < -0.3 is 29.1 Å². The quantitative estimate of drug-likeness (QED) is 0.347. The number of ether oxygens (including phenoxy) is 2. The zero-order chi connectivity index (χ0) is 24.2. The lowest BCUT2D eigenvalue weighted by Gasteiger charge is -2.32. The van der Waals surface area contributed by atoms with Crippen LogP contribution in [0.5, 0.6) is 11.6 Å². The molecule has 182 valence electrons. The van der Waals surface area contributed by atoms with E-state index in [-0.39, 0.29) is 18.4 Å². The SMILES string of the molecule is COc1ccc(COc2ncnc3c(N4CC[S+]([O-])CC4)nc(N(C(C)O)C(C)O)nc23)cc1. The largest absolute Gasteiger partial charge is 0.616 e. The lowest BCUT2D eigenvalue weighted by Crippen LogP contribution is -2.43. The minimum absolute atomic E-state index is 0.114. The third kappa shape index (κ3) is 5.25. The fourth-order valence-electron chi connectivity index (χ4n) is 3.71. The molecule has 2 aromatic heterocycles. The molecule has 2 unspecified atom stereocenters. The van der Waals surface area contributed by atoms with Crippen LogP contribution in [-0.4, -0.2) is 78.9 Å². The topological polar surface area (TPSA) is 140 Å². The van der Waals surface area contributed by atoms with Gasteiger partial charge in [0.1, 0.15) is 48.2 Å². The highest BCUT2D eigenvalue weighted by atomic mass is 32.2. The van der Waals surface area contributed by atoms with Gasteiger partial charge in [-0.3, -0.25) is 4.90 Å². The van der Waals surface area contributed by atoms with Crippen LogP contribution >= 0.6 is 0 Å². The maximum atomic E-state index is 11.9. The summed E-state index contributed by atoms with van der Waals surface area (Å²) < 4.78 is 23.1. The van der Waals surface area contributed by atoms with Gasteiger partial charge in [0.2, 0.25) is 11.8 Å². The second-order valence-corrected chi connectivity index (χ2v) is 9.56. The van der Waals surface area contributed by atoms with Gasteiger partial charge in [0.15, 0.2) is 11.3 Å². The summed E-state index contributed by atoms with van der Waals surface area (Å²) in [4.78, 5) is 21.2. The van der Waals surface area contributed by atoms with Crippen LogP contribution < -0.4 is 19.3 Å². The highest BCUT2D eigenvalue weighted by Crippen LogP contribution is 2.31. The van der Waals surface area contributed by atoms with Crippen LogP contribution in [0.3, 0.4) is 0 Å². The number of rotatable bonds is 8. The van der Waals surface area contributed by atoms with E-state index in [1.54, 1.807) is 7.11 Å². The van der Waals surface area contributed by atoms with Crippen LogP contribution in [0.25, 0.3) is 11.0 Å². The Morgan fingerprint density at radius 2 is 1.74 bits per heavy atom. The van der Waals surface area contributed by atoms with Crippen molar-refractivity contribution in [1.29, 1.82) is 0 Å². The van der Waals surface area contributed by atoms with E-state index in [9.17, 15) is 14.8 Å². The van der Waals surface area contributed by atoms with Gasteiger partial charge in [0.25, 0.3) is 0 Å². The highest BCUT2D eigenvalue weighted by molar-refractivity contribution is 7.91. The molecule has 1 aromatic carbocycles. The maximum absolute atomic E-state index is 11.9. The molecule has 0 amide bonds. The molecule has 34 heavy (non-hydrogen) atoms. The van der Waals surface area contributed by atoms with E-state index < -0.39 is 23.6 Å². The molecule has 0 saturated carbocycles. The van der Waals surface area contributed by atoms with Crippen molar-refractivity contribution in [3.8, 4) is 11.6 Å². The van der Waals surface area contributed by atoms with Gasteiger partial charge in [0.05, 0.1) is 20.2 Å². The third-order valence-corrected chi connectivity index (χ3v) is 6.74. The molecule has 0 bridgehead atoms. The van der Waals surface area contributed by atoms with E-state index in [0.717, 1.165) is 11.3 Å². The normalized spacial score (nSPS) is 16.4. The Morgan fingerprint density at radius 3 is 2.35 bits per heavy atom. The predicted octanol–water partition coefficient (Wildman–Crippen LogP) is 1.06. The first kappa shape index (κ1) is 24.2. The second-order valence-electron chi connectivity index (χ2n) is 7.87. The summed E-state index contributed by atoms with van der Waals surface area (Å²) in [5.74, 6) is 2.66. The number of fused-ring (bicyclic) bond motifs is 1. The summed E-state index contributed by atoms with van der Waals surface area (Å²) >= 11 is -0.870. The first-order chi connectivity index (χ1) is 16.4. The molecule has 1 saturated heterocycles. The Morgan fingerprint density at radius 1 is 1.06 bits per heavy atom. The Hall–Kier alpha value is -2.93. The fourth-order valence-corrected chi connectivity index (χ4v) is 4.76. The summed E-state index contributed by atoms with van der Waals surface area (Å²) in [7, 11) is 1.61. The zero-order valence-corrected chi connectivity index (χ0v) is 20.1. The van der Waals surface area contributed by atoms with Crippen LogP contribution in [-0.2, 0) is 17.8 Å². The maximum Gasteiger partial charge on any atom is 0.244 e. The summed E-state index contributed by atoms with van der Waals surface area (Å²) in [6.45, 7) is 4.35. The molecule has 2 atom stereocenters. The van der Waals surface area contributed by atoms with Gasteiger partial charge in [-0.2, -0.15) is 9.97 Å². The number of nitrogens with zero attached hydrogens (tertiary/aromatic N) is 6. The van der Waals surface area contributed by atoms with Crippen LogP contribution in [0.2, 0.25) is 0 Å². The zero-order valence-electron chi connectivity index (χ0n) is 19.3. The molecule has 12 heteroatoms. The van der Waals surface area contributed by atoms with Crippen molar-refractivity contribution in [2.75, 3.05) is 41.5 Å². The third-order valence-electron chi connectivity index (χ3n) is 5.47. The van der Waals surface area contributed by atoms with Crippen molar-refractivity contribution in [2.45, 2.75) is 32.9 Å². The molecular formula is C22H28N6O5S. The minimum Gasteiger partial charge on any atom is -0.616 e. The number of methoxy groups -OCH3 is 1. The van der Waals surface area contributed by atoms with Crippen LogP contribution in [0.15, 0.2) is 30.6 Å². The van der Waals surface area contributed by atoms with E-state index in [0.29, 0.717) is 41.4 Å². The number of benzene rings is 1. The molecule has 3 heterocycles. The average Bonchev–Trinajstić information content (AvgIpc) is 2.82. The van der Waals surface area contributed by atoms with Crippen molar-refractivity contribution in [1.82, 2.24) is 19.9 Å². The first-order valence-corrected chi connectivity index (χ1v) is 12.4. The van der Waals surface area contributed by atoms with Gasteiger partial charge in [-0.1, -0.05) is 23.3 Å². The van der Waals surface area contributed by atoms with Crippen molar-refractivity contribution in [3.63, 3.8) is 0 Å². The van der Waals surface area contributed by atoms with Gasteiger partial charge >= 0.3 is 0 Å². The minimum atomic E-state index is -1.05. The predicted molar refractivity (Wildman–Crippen MR) is 128 cm³/mol. The number of aliphatic hydroxyl groups is 2. The summed E-state index contributed by atoms with van der Waals surface area (Å²) in [5, 5.41) is 20.5. The van der Waals surface area contributed by atoms with Gasteiger partial charge in [-0.25, -0.2) is 9.97 Å². The number of aliphatic hydroxyl groups excluding tert-OH is 2. The fraction of sp³-hybridized carbons (Fsp3) is 0.455. The van der Waals surface area contributed by atoms with Crippen molar-refractivity contribution < 1.29 is 24.2 Å². The van der Waals surface area contributed by atoms with E-state index in [4.69, 9.17) is 9.47 Å². The molecule has 3 aromatic rings. The van der Waals surface area contributed by atoms with E-state index in [2.05, 4.69) is 19.9 Å². The standard InChI is InChI=1S/C22H28N6O5S/c1-14(29)28(15(2)30)22-25-19-18(20(26-22)27-8-10-34(31)11-9-27)23-13-24-21(19)33-12-16-4-6-17(32-3)7-5-16/h4-7,13-15,29-30H,8-12H2,1-3H3. The van der Waals surface area contributed by atoms with E-state index in [1.807, 2.05) is 29.2 Å². The lowest BCUT2D eigenvalue weighted by atomic mass is 10.2. The molecule has 0 aliphatic carbocycles. The molecule has 4 rings (SSSR count). The number of hydrogen-bond acceptors (Lipinski definition) is 11. The smallest absolute Gasteiger partial charge is 0.244 e. The monoisotopic (exact) mass is 488 g/mol. The Bertz CT molecular complexity index is 1100. The van der Waals surface area contributed by atoms with Gasteiger partial charge in [-0.15, -0.1) is 0 Å². The molecule has 0 radical (unpaired) electrons. The van der Waals surface area contributed by atoms with Crippen LogP contribution in [0, 0.1) is 0 Å². The molecule has 11 nitrogen and oxygen atoms in total. The first-order valence-electron chi connectivity index (χ1n) is 10.9. The summed E-state index contributed by atoms with van der Waals surface area (Å²) in [5.41, 5.74) is 1.75. The van der Waals surface area contributed by atoms with Crippen molar-refractivity contribution in [3.05, 3.63) is 36.2 Å². The Kier molecular flexibility index (Phi) is 7.51. The van der Waals surface area contributed by atoms with Crippen LogP contribution in [0.4, 0.5) is 11.8 Å². The highest BCUT2D eigenvalue weighted by Gasteiger charge is 2.28. The van der Waals surface area contributed by atoms with Gasteiger partial charge in [0, 0.05) is 0 Å². The molecule has 1 aliphatic heterocycles. The van der Waals surface area contributed by atoms with Gasteiger partial charge in [-0.05, 0) is 31.5 Å². The Balaban J connectivity index is 1.75. The molecular weight excluding hydrogens is 460 g/mol. The van der Waals surface area contributed by atoms with E-state index >= 15 is 0 Å². The van der Waals surface area contributed by atoms with Crippen molar-refractivity contribution >= 4 is 34.0 Å². The molecule has 1 fully saturated rings. The molecule has 1 aliphatic rings. The number of hydrogen-bond donors (Lipinski definition) is 2. The number of aromatic nitrogens is 4. The average molecular weight is 489 g/mol. The summed E-state index contributed by atoms with van der Waals surface area (Å²) in [6, 6.07) is 7.48. The Labute approximate surface area is 200 Å². The van der Waals surface area contributed by atoms with Crippen LogP contribution in [0.1, 0.15) is 19.4 Å². The molecule has 0 spiro atoms. The lowest BCUT2D eigenvalue weighted by molar-refractivity contribution is 0.103. The summed E-state index contributed by atoms with van der Waals surface area (Å²) in [6.07, 6.45) is -0.707. The molecule has 2 N–H and O–H groups in total. The van der Waals surface area contributed by atoms with E-state index in [1.165, 1.54) is 25.1 Å². The second kappa shape index (κ2) is 10.6. The number of anilines is 2.